The number of nitrogens with zero attached hydrogens (tertiary/aromatic N) is 3. The molecule has 0 unspecified atom stereocenters. The van der Waals surface area contributed by atoms with Gasteiger partial charge < -0.3 is 14.2 Å². The van der Waals surface area contributed by atoms with Gasteiger partial charge in [0.25, 0.3) is 11.4 Å². The van der Waals surface area contributed by atoms with E-state index in [0.29, 0.717) is 45.2 Å². The third-order valence-electron chi connectivity index (χ3n) is 5.31. The normalized spacial score (nSPS) is 11.1. The van der Waals surface area contributed by atoms with Gasteiger partial charge in [-0.2, -0.15) is 4.98 Å². The number of fused-ring (bicyclic) bond motifs is 1. The van der Waals surface area contributed by atoms with Crippen LogP contribution >= 0.6 is 11.6 Å². The quantitative estimate of drug-likeness (QED) is 0.388. The lowest BCUT2D eigenvalue weighted by molar-refractivity contribution is 0.341. The second-order valence-electron chi connectivity index (χ2n) is 7.56. The number of para-hydroxylation sites is 1. The van der Waals surface area contributed by atoms with E-state index in [1.807, 2.05) is 37.3 Å². The zero-order valence-electron chi connectivity index (χ0n) is 18.1. The summed E-state index contributed by atoms with van der Waals surface area (Å²) in [4.78, 5) is 33.0. The molecule has 5 rings (SSSR count). The SMILES string of the molecule is CCOc1ccccc1-c1noc(-c2ccc3c(=O)n(Cc4cccc(Cl)c4)c(=O)[nH]c3c2)n1. The molecular weight excluding hydrogens is 456 g/mol. The molecule has 170 valence electrons. The fourth-order valence-electron chi connectivity index (χ4n) is 3.73. The summed E-state index contributed by atoms with van der Waals surface area (Å²) in [6.07, 6.45) is 0. The van der Waals surface area contributed by atoms with Crippen molar-refractivity contribution in [3.05, 3.63) is 98.2 Å². The highest BCUT2D eigenvalue weighted by molar-refractivity contribution is 6.30. The minimum atomic E-state index is -0.522. The zero-order chi connectivity index (χ0) is 23.7. The third-order valence-corrected chi connectivity index (χ3v) is 5.55. The molecule has 0 aliphatic rings. The molecule has 0 fully saturated rings. The largest absolute Gasteiger partial charge is 0.493 e. The summed E-state index contributed by atoms with van der Waals surface area (Å²) in [6.45, 7) is 2.52. The van der Waals surface area contributed by atoms with Crippen LogP contribution < -0.4 is 16.0 Å². The summed E-state index contributed by atoms with van der Waals surface area (Å²) in [5.74, 6) is 1.29. The first-order chi connectivity index (χ1) is 16.5. The Bertz CT molecular complexity index is 1620. The number of aromatic nitrogens is 4. The van der Waals surface area contributed by atoms with Crippen LogP contribution in [0.3, 0.4) is 0 Å². The monoisotopic (exact) mass is 474 g/mol. The van der Waals surface area contributed by atoms with E-state index in [-0.39, 0.29) is 12.4 Å². The molecule has 0 spiro atoms. The highest BCUT2D eigenvalue weighted by Gasteiger charge is 2.16. The van der Waals surface area contributed by atoms with Crippen molar-refractivity contribution < 1.29 is 9.26 Å². The maximum Gasteiger partial charge on any atom is 0.329 e. The summed E-state index contributed by atoms with van der Waals surface area (Å²) in [5.41, 5.74) is 1.49. The smallest absolute Gasteiger partial charge is 0.329 e. The lowest BCUT2D eigenvalue weighted by Gasteiger charge is -2.07. The van der Waals surface area contributed by atoms with E-state index in [9.17, 15) is 9.59 Å². The number of nitrogens with one attached hydrogen (secondary N) is 1. The summed E-state index contributed by atoms with van der Waals surface area (Å²) < 4.78 is 12.2. The zero-order valence-corrected chi connectivity index (χ0v) is 18.9. The summed E-state index contributed by atoms with van der Waals surface area (Å²) in [5, 5.41) is 4.98. The first kappa shape index (κ1) is 21.7. The highest BCUT2D eigenvalue weighted by atomic mass is 35.5. The van der Waals surface area contributed by atoms with Crippen LogP contribution in [0.15, 0.2) is 80.8 Å². The molecule has 0 amide bonds. The lowest BCUT2D eigenvalue weighted by Crippen LogP contribution is -2.35. The molecule has 0 atom stereocenters. The number of aromatic amines is 1. The van der Waals surface area contributed by atoms with Crippen molar-refractivity contribution in [2.24, 2.45) is 0 Å². The van der Waals surface area contributed by atoms with Crippen molar-refractivity contribution in [1.82, 2.24) is 19.7 Å². The fourth-order valence-corrected chi connectivity index (χ4v) is 3.94. The van der Waals surface area contributed by atoms with E-state index < -0.39 is 11.2 Å². The van der Waals surface area contributed by atoms with Crippen molar-refractivity contribution in [2.75, 3.05) is 6.61 Å². The van der Waals surface area contributed by atoms with Crippen LogP contribution in [0.1, 0.15) is 12.5 Å². The minimum Gasteiger partial charge on any atom is -0.493 e. The summed E-state index contributed by atoms with van der Waals surface area (Å²) in [6, 6.07) is 19.4. The van der Waals surface area contributed by atoms with Crippen molar-refractivity contribution in [3.63, 3.8) is 0 Å². The van der Waals surface area contributed by atoms with Gasteiger partial charge in [-0.05, 0) is 55.0 Å². The molecule has 0 aliphatic heterocycles. The van der Waals surface area contributed by atoms with Crippen molar-refractivity contribution in [2.45, 2.75) is 13.5 Å². The number of halogens is 1. The van der Waals surface area contributed by atoms with Crippen LogP contribution in [0.2, 0.25) is 5.02 Å². The van der Waals surface area contributed by atoms with Gasteiger partial charge in [-0.1, -0.05) is 41.0 Å². The Balaban J connectivity index is 1.51. The molecule has 9 heteroatoms. The van der Waals surface area contributed by atoms with Gasteiger partial charge in [0.2, 0.25) is 5.82 Å². The van der Waals surface area contributed by atoms with Crippen molar-refractivity contribution >= 4 is 22.5 Å². The van der Waals surface area contributed by atoms with E-state index >= 15 is 0 Å². The van der Waals surface area contributed by atoms with Gasteiger partial charge >= 0.3 is 5.69 Å². The van der Waals surface area contributed by atoms with Gasteiger partial charge in [-0.15, -0.1) is 0 Å². The number of hydrogen-bond acceptors (Lipinski definition) is 6. The molecule has 0 aliphatic carbocycles. The van der Waals surface area contributed by atoms with Gasteiger partial charge in [0.15, 0.2) is 0 Å². The number of hydrogen-bond donors (Lipinski definition) is 1. The second-order valence-corrected chi connectivity index (χ2v) is 8.00. The average Bonchev–Trinajstić information content (AvgIpc) is 3.32. The van der Waals surface area contributed by atoms with Crippen LogP contribution in [-0.2, 0) is 6.54 Å². The van der Waals surface area contributed by atoms with Gasteiger partial charge in [-0.3, -0.25) is 9.36 Å². The van der Waals surface area contributed by atoms with Crippen LogP contribution in [-0.4, -0.2) is 26.3 Å². The van der Waals surface area contributed by atoms with Crippen LogP contribution in [0.4, 0.5) is 0 Å². The second kappa shape index (κ2) is 8.99. The van der Waals surface area contributed by atoms with Crippen molar-refractivity contribution in [1.29, 1.82) is 0 Å². The molecule has 0 saturated carbocycles. The molecule has 2 heterocycles. The Morgan fingerprint density at radius 2 is 1.91 bits per heavy atom. The van der Waals surface area contributed by atoms with E-state index in [0.717, 1.165) is 10.1 Å². The van der Waals surface area contributed by atoms with E-state index in [2.05, 4.69) is 15.1 Å². The molecule has 34 heavy (non-hydrogen) atoms. The third kappa shape index (κ3) is 4.11. The van der Waals surface area contributed by atoms with Crippen LogP contribution in [0.25, 0.3) is 33.7 Å². The Morgan fingerprint density at radius 3 is 2.74 bits per heavy atom. The number of rotatable bonds is 6. The van der Waals surface area contributed by atoms with Gasteiger partial charge in [0, 0.05) is 10.6 Å². The maximum atomic E-state index is 13.0. The summed E-state index contributed by atoms with van der Waals surface area (Å²) >= 11 is 6.03. The topological polar surface area (TPSA) is 103 Å². The predicted octanol–water partition coefficient (Wildman–Crippen LogP) is 4.51. The Kier molecular flexibility index (Phi) is 5.73. The minimum absolute atomic E-state index is 0.110. The maximum absolute atomic E-state index is 13.0. The lowest BCUT2D eigenvalue weighted by atomic mass is 10.1. The number of benzene rings is 3. The molecule has 5 aromatic rings. The molecule has 2 aromatic heterocycles. The molecule has 0 saturated heterocycles. The first-order valence-corrected chi connectivity index (χ1v) is 11.0. The Hall–Kier alpha value is -4.17. The molecule has 3 aromatic carbocycles. The van der Waals surface area contributed by atoms with Crippen LogP contribution in [0, 0.1) is 0 Å². The Morgan fingerprint density at radius 1 is 1.06 bits per heavy atom. The Labute approximate surface area is 198 Å². The average molecular weight is 475 g/mol. The van der Waals surface area contributed by atoms with Gasteiger partial charge in [0.05, 0.1) is 29.6 Å². The van der Waals surface area contributed by atoms with Crippen LogP contribution in [0.5, 0.6) is 5.75 Å². The molecule has 0 radical (unpaired) electrons. The molecule has 8 nitrogen and oxygen atoms in total. The van der Waals surface area contributed by atoms with E-state index in [1.165, 1.54) is 0 Å². The standard InChI is InChI=1S/C25H19ClN4O4/c1-2-33-21-9-4-3-8-19(21)22-28-23(34-29-22)16-10-11-18-20(13-16)27-25(32)30(24(18)31)14-15-6-5-7-17(26)12-15/h3-13H,2,14H2,1H3,(H,27,32). The highest BCUT2D eigenvalue weighted by Crippen LogP contribution is 2.30. The first-order valence-electron chi connectivity index (χ1n) is 10.6. The summed E-state index contributed by atoms with van der Waals surface area (Å²) in [7, 11) is 0. The van der Waals surface area contributed by atoms with Gasteiger partial charge in [-0.25, -0.2) is 4.79 Å². The predicted molar refractivity (Wildman–Crippen MR) is 129 cm³/mol. The number of H-pyrrole nitrogens is 1. The van der Waals surface area contributed by atoms with E-state index in [1.54, 1.807) is 36.4 Å². The van der Waals surface area contributed by atoms with Gasteiger partial charge in [0.1, 0.15) is 5.75 Å². The molecule has 0 bridgehead atoms. The van der Waals surface area contributed by atoms with E-state index in [4.69, 9.17) is 20.9 Å². The molecule has 1 N–H and O–H groups in total. The molecular formula is C25H19ClN4O4. The number of ether oxygens (including phenoxy) is 1. The van der Waals surface area contributed by atoms with Crippen molar-refractivity contribution in [3.8, 4) is 28.6 Å². The fraction of sp³-hybridized carbons (Fsp3) is 0.120.